The first-order chi connectivity index (χ1) is 8.33. The molecule has 0 spiro atoms. The molecule has 2 fully saturated rings. The van der Waals surface area contributed by atoms with E-state index in [1.807, 2.05) is 0 Å². The van der Waals surface area contributed by atoms with E-state index in [1.54, 1.807) is 0 Å². The molecule has 1 N–H and O–H groups in total. The molecule has 0 radical (unpaired) electrons. The molecule has 1 heteroatoms. The van der Waals surface area contributed by atoms with Crippen molar-refractivity contribution >= 4 is 0 Å². The van der Waals surface area contributed by atoms with Crippen LogP contribution in [-0.2, 0) is 0 Å². The number of aliphatic hydroxyl groups is 1. The molecular weight excluding hydrogens is 208 g/mol. The van der Waals surface area contributed by atoms with E-state index in [0.717, 1.165) is 17.8 Å². The first-order valence-electron chi connectivity index (χ1n) is 7.94. The summed E-state index contributed by atoms with van der Waals surface area (Å²) in [5.41, 5.74) is 0. The number of aliphatic hydroxyl groups excluding tert-OH is 1. The second-order valence-corrected chi connectivity index (χ2v) is 6.56. The van der Waals surface area contributed by atoms with Crippen LogP contribution < -0.4 is 0 Å². The third-order valence-corrected chi connectivity index (χ3v) is 5.30. The molecule has 0 saturated heterocycles. The average Bonchev–Trinajstić information content (AvgIpc) is 2.38. The molecule has 4 unspecified atom stereocenters. The number of hydrogen-bond acceptors (Lipinski definition) is 1. The Labute approximate surface area is 107 Å². The molecule has 2 rings (SSSR count). The van der Waals surface area contributed by atoms with E-state index in [9.17, 15) is 5.11 Å². The SMILES string of the molecule is CCCCCC1CCC2CC(CO)CCC2C1. The lowest BCUT2D eigenvalue weighted by molar-refractivity contribution is 0.0694. The predicted octanol–water partition coefficient (Wildman–Crippen LogP) is 4.39. The second kappa shape index (κ2) is 6.78. The molecule has 0 amide bonds. The molecule has 0 aromatic rings. The Bertz CT molecular complexity index is 214. The summed E-state index contributed by atoms with van der Waals surface area (Å²) in [5, 5.41) is 9.28. The van der Waals surface area contributed by atoms with Crippen molar-refractivity contribution in [3.05, 3.63) is 0 Å². The van der Waals surface area contributed by atoms with Crippen LogP contribution in [0.15, 0.2) is 0 Å². The largest absolute Gasteiger partial charge is 0.396 e. The second-order valence-electron chi connectivity index (χ2n) is 6.56. The maximum atomic E-state index is 9.28. The Morgan fingerprint density at radius 3 is 2.18 bits per heavy atom. The standard InChI is InChI=1S/C16H30O/c1-2-3-4-5-13-6-8-16-11-14(12-17)7-9-15(16)10-13/h13-17H,2-12H2,1H3. The molecule has 0 bridgehead atoms. The quantitative estimate of drug-likeness (QED) is 0.704. The van der Waals surface area contributed by atoms with Gasteiger partial charge in [0.25, 0.3) is 0 Å². The minimum Gasteiger partial charge on any atom is -0.396 e. The van der Waals surface area contributed by atoms with Gasteiger partial charge in [-0.2, -0.15) is 0 Å². The monoisotopic (exact) mass is 238 g/mol. The van der Waals surface area contributed by atoms with Crippen LogP contribution in [0.1, 0.15) is 71.1 Å². The number of rotatable bonds is 5. The van der Waals surface area contributed by atoms with Crippen molar-refractivity contribution in [2.24, 2.45) is 23.7 Å². The molecule has 0 aromatic heterocycles. The summed E-state index contributed by atoms with van der Waals surface area (Å²) in [4.78, 5) is 0. The summed E-state index contributed by atoms with van der Waals surface area (Å²) >= 11 is 0. The number of fused-ring (bicyclic) bond motifs is 1. The summed E-state index contributed by atoms with van der Waals surface area (Å²) in [5.74, 6) is 3.64. The molecule has 2 aliphatic carbocycles. The van der Waals surface area contributed by atoms with Crippen molar-refractivity contribution in [1.82, 2.24) is 0 Å². The van der Waals surface area contributed by atoms with Crippen molar-refractivity contribution in [2.75, 3.05) is 6.61 Å². The summed E-state index contributed by atoms with van der Waals surface area (Å²) in [7, 11) is 0. The molecule has 0 aromatic carbocycles. The Kier molecular flexibility index (Phi) is 5.34. The summed E-state index contributed by atoms with van der Waals surface area (Å²) < 4.78 is 0. The van der Waals surface area contributed by atoms with Crippen LogP contribution >= 0.6 is 0 Å². The zero-order valence-corrected chi connectivity index (χ0v) is 11.5. The third kappa shape index (κ3) is 3.71. The van der Waals surface area contributed by atoms with Crippen molar-refractivity contribution < 1.29 is 5.11 Å². The molecular formula is C16H30O. The number of hydrogen-bond donors (Lipinski definition) is 1. The summed E-state index contributed by atoms with van der Waals surface area (Å²) in [6.07, 6.45) is 14.2. The van der Waals surface area contributed by atoms with Crippen LogP contribution in [0.4, 0.5) is 0 Å². The Morgan fingerprint density at radius 2 is 1.53 bits per heavy atom. The molecule has 2 saturated carbocycles. The average molecular weight is 238 g/mol. The fraction of sp³-hybridized carbons (Fsp3) is 1.00. The molecule has 17 heavy (non-hydrogen) atoms. The van der Waals surface area contributed by atoms with E-state index in [0.29, 0.717) is 12.5 Å². The van der Waals surface area contributed by atoms with E-state index in [1.165, 1.54) is 64.2 Å². The highest BCUT2D eigenvalue weighted by Crippen LogP contribution is 2.45. The first-order valence-corrected chi connectivity index (χ1v) is 7.94. The van der Waals surface area contributed by atoms with Crippen molar-refractivity contribution in [3.63, 3.8) is 0 Å². The number of unbranched alkanes of at least 4 members (excludes halogenated alkanes) is 2. The minimum absolute atomic E-state index is 0.434. The molecule has 0 heterocycles. The van der Waals surface area contributed by atoms with Gasteiger partial charge in [0.1, 0.15) is 0 Å². The van der Waals surface area contributed by atoms with Gasteiger partial charge in [-0.25, -0.2) is 0 Å². The van der Waals surface area contributed by atoms with Crippen molar-refractivity contribution in [2.45, 2.75) is 71.1 Å². The van der Waals surface area contributed by atoms with E-state index in [4.69, 9.17) is 0 Å². The van der Waals surface area contributed by atoms with Gasteiger partial charge in [-0.3, -0.25) is 0 Å². The van der Waals surface area contributed by atoms with Gasteiger partial charge in [-0.15, -0.1) is 0 Å². The zero-order valence-electron chi connectivity index (χ0n) is 11.5. The van der Waals surface area contributed by atoms with Gasteiger partial charge in [0.05, 0.1) is 0 Å². The highest BCUT2D eigenvalue weighted by Gasteiger charge is 2.34. The van der Waals surface area contributed by atoms with Gasteiger partial charge in [0.15, 0.2) is 0 Å². The lowest BCUT2D eigenvalue weighted by Crippen LogP contribution is -2.32. The Balaban J connectivity index is 1.73. The van der Waals surface area contributed by atoms with Gasteiger partial charge < -0.3 is 5.11 Å². The lowest BCUT2D eigenvalue weighted by atomic mass is 9.64. The van der Waals surface area contributed by atoms with Crippen molar-refractivity contribution in [3.8, 4) is 0 Å². The third-order valence-electron chi connectivity index (χ3n) is 5.30. The van der Waals surface area contributed by atoms with Gasteiger partial charge in [0, 0.05) is 6.61 Å². The van der Waals surface area contributed by atoms with Crippen LogP contribution in [0.3, 0.4) is 0 Å². The first kappa shape index (κ1) is 13.4. The van der Waals surface area contributed by atoms with E-state index in [2.05, 4.69) is 6.92 Å². The van der Waals surface area contributed by atoms with Gasteiger partial charge in [-0.1, -0.05) is 39.0 Å². The van der Waals surface area contributed by atoms with E-state index in [-0.39, 0.29) is 0 Å². The normalized spacial score (nSPS) is 37.8. The molecule has 1 nitrogen and oxygen atoms in total. The topological polar surface area (TPSA) is 20.2 Å². The lowest BCUT2D eigenvalue weighted by Gasteiger charge is -2.42. The fourth-order valence-corrected chi connectivity index (χ4v) is 4.19. The molecule has 0 aliphatic heterocycles. The van der Waals surface area contributed by atoms with Crippen LogP contribution in [-0.4, -0.2) is 11.7 Å². The van der Waals surface area contributed by atoms with Gasteiger partial charge in [-0.05, 0) is 55.8 Å². The van der Waals surface area contributed by atoms with E-state index < -0.39 is 0 Å². The van der Waals surface area contributed by atoms with Crippen LogP contribution in [0.5, 0.6) is 0 Å². The highest BCUT2D eigenvalue weighted by atomic mass is 16.3. The van der Waals surface area contributed by atoms with Crippen LogP contribution in [0, 0.1) is 23.7 Å². The minimum atomic E-state index is 0.434. The van der Waals surface area contributed by atoms with Crippen molar-refractivity contribution in [1.29, 1.82) is 0 Å². The maximum Gasteiger partial charge on any atom is 0.0459 e. The smallest absolute Gasteiger partial charge is 0.0459 e. The zero-order chi connectivity index (χ0) is 12.1. The molecule has 100 valence electrons. The highest BCUT2D eigenvalue weighted by molar-refractivity contribution is 4.85. The summed E-state index contributed by atoms with van der Waals surface area (Å²) in [6, 6.07) is 0. The predicted molar refractivity (Wildman–Crippen MR) is 72.9 cm³/mol. The fourth-order valence-electron chi connectivity index (χ4n) is 4.19. The molecule has 2 aliphatic rings. The summed E-state index contributed by atoms with van der Waals surface area (Å²) in [6.45, 7) is 2.73. The van der Waals surface area contributed by atoms with E-state index >= 15 is 0 Å². The Hall–Kier alpha value is -0.0400. The van der Waals surface area contributed by atoms with Crippen LogP contribution in [0.25, 0.3) is 0 Å². The van der Waals surface area contributed by atoms with Gasteiger partial charge in [0.2, 0.25) is 0 Å². The molecule has 4 atom stereocenters. The Morgan fingerprint density at radius 1 is 0.882 bits per heavy atom. The maximum absolute atomic E-state index is 9.28. The van der Waals surface area contributed by atoms with Crippen LogP contribution in [0.2, 0.25) is 0 Å². The van der Waals surface area contributed by atoms with Gasteiger partial charge >= 0.3 is 0 Å².